The molecule has 0 amide bonds. The summed E-state index contributed by atoms with van der Waals surface area (Å²) in [4.78, 5) is 11.9. The average molecular weight is 537 g/mol. The number of rotatable bonds is 33. The molecule has 2 heteroatoms. The normalized spacial score (nSPS) is 11.3. The molecule has 0 aliphatic carbocycles. The molecule has 0 aromatic heterocycles. The summed E-state index contributed by atoms with van der Waals surface area (Å²) in [5, 5.41) is 0. The minimum absolute atomic E-state index is 0.0257. The molecule has 0 spiro atoms. The molecule has 0 heterocycles. The second-order valence-electron chi connectivity index (χ2n) is 12.2. The highest BCUT2D eigenvalue weighted by Gasteiger charge is 2.03. The third-order valence-corrected chi connectivity index (χ3v) is 8.25. The molecule has 0 rings (SSSR count). The average Bonchev–Trinajstić information content (AvgIpc) is 2.92. The fraction of sp³-hybridized carbons (Fsp3) is 0.972. The summed E-state index contributed by atoms with van der Waals surface area (Å²) in [5.41, 5.74) is 0. The zero-order valence-corrected chi connectivity index (χ0v) is 26.7. The predicted molar refractivity (Wildman–Crippen MR) is 170 cm³/mol. The number of hydrogen-bond donors (Lipinski definition) is 0. The highest BCUT2D eigenvalue weighted by molar-refractivity contribution is 5.69. The highest BCUT2D eigenvalue weighted by atomic mass is 16.5. The van der Waals surface area contributed by atoms with Crippen molar-refractivity contribution in [2.45, 2.75) is 219 Å². The summed E-state index contributed by atoms with van der Waals surface area (Å²) in [6, 6.07) is 0. The Balaban J connectivity index is 3.12. The molecule has 0 unspecified atom stereocenters. The molecule has 0 fully saturated rings. The maximum Gasteiger partial charge on any atom is 0.305 e. The van der Waals surface area contributed by atoms with Crippen molar-refractivity contribution in [3.8, 4) is 0 Å². The summed E-state index contributed by atoms with van der Waals surface area (Å²) < 4.78 is 5.41. The Morgan fingerprint density at radius 2 is 0.579 bits per heavy atom. The molecular formula is C36H72O2. The Bertz CT molecular complexity index is 433. The van der Waals surface area contributed by atoms with E-state index in [1.165, 1.54) is 186 Å². The number of hydrogen-bond acceptors (Lipinski definition) is 2. The lowest BCUT2D eigenvalue weighted by molar-refractivity contribution is -0.143. The van der Waals surface area contributed by atoms with Crippen LogP contribution in [0.4, 0.5) is 0 Å². The number of unbranched alkanes of at least 4 members (excludes halogenated alkanes) is 29. The molecule has 0 N–H and O–H groups in total. The second kappa shape index (κ2) is 34.5. The van der Waals surface area contributed by atoms with Crippen LogP contribution in [0.25, 0.3) is 0 Å². The van der Waals surface area contributed by atoms with Crippen LogP contribution in [0.3, 0.4) is 0 Å². The van der Waals surface area contributed by atoms with Crippen LogP contribution in [0, 0.1) is 0 Å². The first-order chi connectivity index (χ1) is 18.8. The van der Waals surface area contributed by atoms with E-state index in [-0.39, 0.29) is 5.97 Å². The summed E-state index contributed by atoms with van der Waals surface area (Å²) in [6.45, 7) is 5.20. The van der Waals surface area contributed by atoms with Gasteiger partial charge in [-0.15, -0.1) is 0 Å². The van der Waals surface area contributed by atoms with Crippen molar-refractivity contribution < 1.29 is 9.53 Å². The van der Waals surface area contributed by atoms with Crippen LogP contribution in [0.2, 0.25) is 0 Å². The number of esters is 1. The summed E-state index contributed by atoms with van der Waals surface area (Å²) >= 11 is 0. The molecule has 0 atom stereocenters. The van der Waals surface area contributed by atoms with Gasteiger partial charge in [-0.25, -0.2) is 0 Å². The SMILES string of the molecule is CCCCCCCCCCCCCCCCCCCCCCCCC(=O)OCCCCCCCCCCC. The molecule has 38 heavy (non-hydrogen) atoms. The molecule has 0 bridgehead atoms. The molecule has 0 aromatic carbocycles. The maximum atomic E-state index is 11.9. The molecular weight excluding hydrogens is 464 g/mol. The predicted octanol–water partition coefficient (Wildman–Crippen LogP) is 13.1. The molecule has 0 aromatic rings. The Morgan fingerprint density at radius 1 is 0.342 bits per heavy atom. The molecule has 0 aliphatic rings. The molecule has 0 aliphatic heterocycles. The fourth-order valence-electron chi connectivity index (χ4n) is 5.55. The van der Waals surface area contributed by atoms with E-state index in [1.807, 2.05) is 0 Å². The smallest absolute Gasteiger partial charge is 0.305 e. The number of carbonyl (C=O) groups excluding carboxylic acids is 1. The molecule has 228 valence electrons. The van der Waals surface area contributed by atoms with Gasteiger partial charge in [-0.1, -0.05) is 200 Å². The molecule has 0 saturated heterocycles. The first-order valence-corrected chi connectivity index (χ1v) is 18.0. The van der Waals surface area contributed by atoms with E-state index in [2.05, 4.69) is 13.8 Å². The number of ether oxygens (including phenoxy) is 1. The zero-order valence-electron chi connectivity index (χ0n) is 26.7. The quantitative estimate of drug-likeness (QED) is 0.0615. The van der Waals surface area contributed by atoms with Gasteiger partial charge in [-0.3, -0.25) is 4.79 Å². The highest BCUT2D eigenvalue weighted by Crippen LogP contribution is 2.16. The summed E-state index contributed by atoms with van der Waals surface area (Å²) in [7, 11) is 0. The van der Waals surface area contributed by atoms with Crippen LogP contribution in [0.1, 0.15) is 219 Å². The lowest BCUT2D eigenvalue weighted by Gasteiger charge is -2.06. The van der Waals surface area contributed by atoms with Crippen molar-refractivity contribution >= 4 is 5.97 Å². The first kappa shape index (κ1) is 37.5. The Hall–Kier alpha value is -0.530. The fourth-order valence-corrected chi connectivity index (χ4v) is 5.55. The van der Waals surface area contributed by atoms with Gasteiger partial charge in [0.25, 0.3) is 0 Å². The van der Waals surface area contributed by atoms with Crippen molar-refractivity contribution in [3.05, 3.63) is 0 Å². The minimum atomic E-state index is 0.0257. The van der Waals surface area contributed by atoms with Crippen molar-refractivity contribution in [3.63, 3.8) is 0 Å². The van der Waals surface area contributed by atoms with Gasteiger partial charge in [-0.2, -0.15) is 0 Å². The lowest BCUT2D eigenvalue weighted by Crippen LogP contribution is -2.05. The van der Waals surface area contributed by atoms with Crippen LogP contribution in [-0.2, 0) is 9.53 Å². The Morgan fingerprint density at radius 3 is 0.868 bits per heavy atom. The van der Waals surface area contributed by atoms with E-state index in [9.17, 15) is 4.79 Å². The van der Waals surface area contributed by atoms with Gasteiger partial charge in [0.2, 0.25) is 0 Å². The summed E-state index contributed by atoms with van der Waals surface area (Å²) in [5.74, 6) is 0.0257. The Labute approximate surface area is 241 Å². The van der Waals surface area contributed by atoms with Crippen molar-refractivity contribution in [1.29, 1.82) is 0 Å². The van der Waals surface area contributed by atoms with E-state index in [1.54, 1.807) is 0 Å². The standard InChI is InChI=1S/C36H72O2/c1-3-5-7-9-11-13-14-15-16-17-18-19-20-21-22-23-24-25-26-28-30-32-34-36(37)38-35-33-31-29-27-12-10-8-6-4-2/h3-35H2,1-2H3. The van der Waals surface area contributed by atoms with Gasteiger partial charge in [0.15, 0.2) is 0 Å². The maximum absolute atomic E-state index is 11.9. The van der Waals surface area contributed by atoms with E-state index in [0.717, 1.165) is 12.8 Å². The Kier molecular flexibility index (Phi) is 34.0. The first-order valence-electron chi connectivity index (χ1n) is 18.0. The molecule has 0 saturated carbocycles. The largest absolute Gasteiger partial charge is 0.466 e. The van der Waals surface area contributed by atoms with Crippen molar-refractivity contribution in [2.75, 3.05) is 6.61 Å². The van der Waals surface area contributed by atoms with E-state index < -0.39 is 0 Å². The van der Waals surface area contributed by atoms with Crippen molar-refractivity contribution in [2.24, 2.45) is 0 Å². The van der Waals surface area contributed by atoms with E-state index >= 15 is 0 Å². The van der Waals surface area contributed by atoms with Crippen LogP contribution >= 0.6 is 0 Å². The third-order valence-electron chi connectivity index (χ3n) is 8.25. The number of carbonyl (C=O) groups is 1. The van der Waals surface area contributed by atoms with Gasteiger partial charge in [0.1, 0.15) is 0 Å². The van der Waals surface area contributed by atoms with Crippen LogP contribution in [0.5, 0.6) is 0 Å². The van der Waals surface area contributed by atoms with Crippen LogP contribution < -0.4 is 0 Å². The van der Waals surface area contributed by atoms with Crippen LogP contribution in [-0.4, -0.2) is 12.6 Å². The van der Waals surface area contributed by atoms with Crippen LogP contribution in [0.15, 0.2) is 0 Å². The summed E-state index contributed by atoms with van der Waals surface area (Å²) in [6.07, 6.45) is 43.2. The van der Waals surface area contributed by atoms with E-state index in [0.29, 0.717) is 13.0 Å². The van der Waals surface area contributed by atoms with Gasteiger partial charge in [-0.05, 0) is 12.8 Å². The van der Waals surface area contributed by atoms with Crippen molar-refractivity contribution in [1.82, 2.24) is 0 Å². The minimum Gasteiger partial charge on any atom is -0.466 e. The lowest BCUT2D eigenvalue weighted by atomic mass is 10.0. The van der Waals surface area contributed by atoms with Gasteiger partial charge in [0, 0.05) is 6.42 Å². The topological polar surface area (TPSA) is 26.3 Å². The zero-order chi connectivity index (χ0) is 27.6. The van der Waals surface area contributed by atoms with Gasteiger partial charge >= 0.3 is 5.97 Å². The van der Waals surface area contributed by atoms with E-state index in [4.69, 9.17) is 4.74 Å². The third kappa shape index (κ3) is 33.5. The monoisotopic (exact) mass is 537 g/mol. The molecule has 0 radical (unpaired) electrons. The molecule has 2 nitrogen and oxygen atoms in total. The van der Waals surface area contributed by atoms with Gasteiger partial charge in [0.05, 0.1) is 6.61 Å². The second-order valence-corrected chi connectivity index (χ2v) is 12.2. The van der Waals surface area contributed by atoms with Gasteiger partial charge < -0.3 is 4.74 Å².